The van der Waals surface area contributed by atoms with E-state index in [0.717, 1.165) is 11.3 Å². The van der Waals surface area contributed by atoms with E-state index >= 15 is 0 Å². The van der Waals surface area contributed by atoms with Crippen LogP contribution in [0.15, 0.2) is 5.38 Å². The number of hydrogen-bond donors (Lipinski definition) is 3. The van der Waals surface area contributed by atoms with Crippen molar-refractivity contribution in [2.75, 3.05) is 20.6 Å². The zero-order valence-corrected chi connectivity index (χ0v) is 12.0. The van der Waals surface area contributed by atoms with Crippen molar-refractivity contribution in [3.05, 3.63) is 16.1 Å². The first kappa shape index (κ1) is 15.9. The Morgan fingerprint density at radius 2 is 2.05 bits per heavy atom. The average molecular weight is 300 g/mol. The van der Waals surface area contributed by atoms with Crippen LogP contribution in [0, 0.1) is 0 Å². The van der Waals surface area contributed by atoms with E-state index in [1.165, 1.54) is 10.3 Å². The van der Waals surface area contributed by atoms with Gasteiger partial charge in [-0.3, -0.25) is 4.79 Å². The Balaban J connectivity index is 2.25. The van der Waals surface area contributed by atoms with E-state index in [9.17, 15) is 14.4 Å². The van der Waals surface area contributed by atoms with Crippen molar-refractivity contribution in [3.63, 3.8) is 0 Å². The van der Waals surface area contributed by atoms with Crippen molar-refractivity contribution in [1.29, 1.82) is 0 Å². The third kappa shape index (κ3) is 5.22. The normalized spacial score (nSPS) is 9.90. The van der Waals surface area contributed by atoms with Crippen LogP contribution in [-0.2, 0) is 11.3 Å². The third-order valence-corrected chi connectivity index (χ3v) is 3.14. The van der Waals surface area contributed by atoms with Gasteiger partial charge in [-0.15, -0.1) is 11.3 Å². The van der Waals surface area contributed by atoms with E-state index < -0.39 is 12.0 Å². The highest BCUT2D eigenvalue weighted by Gasteiger charge is 2.09. The molecule has 0 aliphatic carbocycles. The molecule has 0 aromatic carbocycles. The number of aromatic carboxylic acids is 1. The molecule has 1 aromatic heterocycles. The molecule has 0 saturated heterocycles. The summed E-state index contributed by atoms with van der Waals surface area (Å²) >= 11 is 1.16. The second kappa shape index (κ2) is 7.43. The van der Waals surface area contributed by atoms with Crippen LogP contribution >= 0.6 is 11.3 Å². The standard InChI is InChI=1S/C11H16N4O4S/c1-15(2)9(16)3-4-12-11(19)13-5-8-14-7(6-20-8)10(17)18/h6H,3-5H2,1-2H3,(H,17,18)(H2,12,13,19). The molecule has 1 aromatic rings. The minimum atomic E-state index is -1.10. The van der Waals surface area contributed by atoms with Crippen LogP contribution in [0.1, 0.15) is 21.9 Å². The zero-order valence-electron chi connectivity index (χ0n) is 11.2. The minimum absolute atomic E-state index is 0.0382. The summed E-state index contributed by atoms with van der Waals surface area (Å²) in [7, 11) is 3.29. The predicted octanol–water partition coefficient (Wildman–Crippen LogP) is 0.119. The van der Waals surface area contributed by atoms with Crippen LogP contribution in [0.4, 0.5) is 4.79 Å². The second-order valence-electron chi connectivity index (χ2n) is 4.08. The molecule has 0 fully saturated rings. The molecule has 0 unspecified atom stereocenters. The van der Waals surface area contributed by atoms with E-state index in [2.05, 4.69) is 15.6 Å². The molecule has 110 valence electrons. The molecule has 0 bridgehead atoms. The maximum Gasteiger partial charge on any atom is 0.355 e. The largest absolute Gasteiger partial charge is 0.476 e. The number of carbonyl (C=O) groups excluding carboxylic acids is 2. The Kier molecular flexibility index (Phi) is 5.91. The molecule has 3 N–H and O–H groups in total. The lowest BCUT2D eigenvalue weighted by molar-refractivity contribution is -0.128. The van der Waals surface area contributed by atoms with Gasteiger partial charge in [0.15, 0.2) is 5.69 Å². The number of rotatable bonds is 6. The van der Waals surface area contributed by atoms with Crippen LogP contribution in [-0.4, -0.2) is 53.5 Å². The maximum atomic E-state index is 11.4. The van der Waals surface area contributed by atoms with Gasteiger partial charge in [-0.05, 0) is 0 Å². The van der Waals surface area contributed by atoms with Crippen molar-refractivity contribution in [2.45, 2.75) is 13.0 Å². The Morgan fingerprint density at radius 3 is 2.60 bits per heavy atom. The number of hydrogen-bond acceptors (Lipinski definition) is 5. The summed E-state index contributed by atoms with van der Waals surface area (Å²) in [6, 6.07) is -0.427. The number of aromatic nitrogens is 1. The fourth-order valence-electron chi connectivity index (χ4n) is 1.22. The highest BCUT2D eigenvalue weighted by molar-refractivity contribution is 7.09. The van der Waals surface area contributed by atoms with Crippen molar-refractivity contribution in [3.8, 4) is 0 Å². The van der Waals surface area contributed by atoms with Gasteiger partial charge in [-0.1, -0.05) is 0 Å². The monoisotopic (exact) mass is 300 g/mol. The molecule has 9 heteroatoms. The molecule has 0 spiro atoms. The fraction of sp³-hybridized carbons (Fsp3) is 0.455. The van der Waals surface area contributed by atoms with Crippen LogP contribution in [0.3, 0.4) is 0 Å². The molecule has 0 atom stereocenters. The van der Waals surface area contributed by atoms with Gasteiger partial charge in [-0.25, -0.2) is 14.6 Å². The summed E-state index contributed by atoms with van der Waals surface area (Å²) in [4.78, 5) is 38.6. The highest BCUT2D eigenvalue weighted by Crippen LogP contribution is 2.09. The van der Waals surface area contributed by atoms with Gasteiger partial charge in [0.2, 0.25) is 5.91 Å². The number of urea groups is 1. The Labute approximate surface area is 119 Å². The molecule has 8 nitrogen and oxygen atoms in total. The molecule has 0 aliphatic rings. The topological polar surface area (TPSA) is 112 Å². The minimum Gasteiger partial charge on any atom is -0.476 e. The van der Waals surface area contributed by atoms with Gasteiger partial charge < -0.3 is 20.6 Å². The first-order valence-corrected chi connectivity index (χ1v) is 6.67. The van der Waals surface area contributed by atoms with Gasteiger partial charge >= 0.3 is 12.0 Å². The molecular weight excluding hydrogens is 284 g/mol. The quantitative estimate of drug-likeness (QED) is 0.691. The molecule has 3 amide bonds. The van der Waals surface area contributed by atoms with E-state index in [1.807, 2.05) is 0 Å². The fourth-order valence-corrected chi connectivity index (χ4v) is 1.92. The van der Waals surface area contributed by atoms with Crippen molar-refractivity contribution in [2.24, 2.45) is 0 Å². The average Bonchev–Trinajstić information content (AvgIpc) is 2.85. The summed E-state index contributed by atoms with van der Waals surface area (Å²) in [5.74, 6) is -1.17. The van der Waals surface area contributed by atoms with E-state index in [-0.39, 0.29) is 31.1 Å². The first-order valence-electron chi connectivity index (χ1n) is 5.79. The van der Waals surface area contributed by atoms with Crippen molar-refractivity contribution >= 4 is 29.2 Å². The van der Waals surface area contributed by atoms with E-state index in [4.69, 9.17) is 5.11 Å². The number of nitrogens with zero attached hydrogens (tertiary/aromatic N) is 2. The van der Waals surface area contributed by atoms with Crippen LogP contribution in [0.5, 0.6) is 0 Å². The lowest BCUT2D eigenvalue weighted by Gasteiger charge is -2.10. The molecule has 20 heavy (non-hydrogen) atoms. The smallest absolute Gasteiger partial charge is 0.355 e. The lowest BCUT2D eigenvalue weighted by atomic mass is 10.4. The Bertz CT molecular complexity index is 500. The van der Waals surface area contributed by atoms with Gasteiger partial charge in [-0.2, -0.15) is 0 Å². The van der Waals surface area contributed by atoms with Gasteiger partial charge in [0.05, 0.1) is 6.54 Å². The predicted molar refractivity (Wildman–Crippen MR) is 72.6 cm³/mol. The Hall–Kier alpha value is -2.16. The number of thiazole rings is 1. The molecule has 0 aliphatic heterocycles. The maximum absolute atomic E-state index is 11.4. The Morgan fingerprint density at radius 1 is 1.35 bits per heavy atom. The summed E-state index contributed by atoms with van der Waals surface area (Å²) in [6.45, 7) is 0.381. The summed E-state index contributed by atoms with van der Waals surface area (Å²) < 4.78 is 0. The molecule has 1 heterocycles. The van der Waals surface area contributed by atoms with Crippen LogP contribution in [0.25, 0.3) is 0 Å². The highest BCUT2D eigenvalue weighted by atomic mass is 32.1. The number of carbonyl (C=O) groups is 3. The number of amides is 3. The number of nitrogens with one attached hydrogen (secondary N) is 2. The van der Waals surface area contributed by atoms with Crippen molar-refractivity contribution in [1.82, 2.24) is 20.5 Å². The summed E-state index contributed by atoms with van der Waals surface area (Å²) in [6.07, 6.45) is 0.223. The molecule has 1 rings (SSSR count). The summed E-state index contributed by atoms with van der Waals surface area (Å²) in [5.41, 5.74) is -0.0382. The van der Waals surface area contributed by atoms with E-state index in [0.29, 0.717) is 5.01 Å². The van der Waals surface area contributed by atoms with Gasteiger partial charge in [0.1, 0.15) is 5.01 Å². The zero-order chi connectivity index (χ0) is 15.1. The lowest BCUT2D eigenvalue weighted by Crippen LogP contribution is -2.37. The number of carboxylic acid groups (broad SMARTS) is 1. The molecular formula is C11H16N4O4S. The number of carboxylic acids is 1. The van der Waals surface area contributed by atoms with Gasteiger partial charge in [0.25, 0.3) is 0 Å². The SMILES string of the molecule is CN(C)C(=O)CCNC(=O)NCc1nc(C(=O)O)cs1. The second-order valence-corrected chi connectivity index (χ2v) is 5.02. The molecule has 0 saturated carbocycles. The van der Waals surface area contributed by atoms with Crippen LogP contribution < -0.4 is 10.6 Å². The summed E-state index contributed by atoms with van der Waals surface area (Å²) in [5, 5.41) is 15.7. The van der Waals surface area contributed by atoms with Crippen molar-refractivity contribution < 1.29 is 19.5 Å². The molecule has 0 radical (unpaired) electrons. The van der Waals surface area contributed by atoms with Crippen LogP contribution in [0.2, 0.25) is 0 Å². The third-order valence-electron chi connectivity index (χ3n) is 2.29. The van der Waals surface area contributed by atoms with Gasteiger partial charge in [0, 0.05) is 32.4 Å². The first-order chi connectivity index (χ1) is 9.40. The van der Waals surface area contributed by atoms with E-state index in [1.54, 1.807) is 14.1 Å².